The van der Waals surface area contributed by atoms with Crippen molar-refractivity contribution in [2.75, 3.05) is 13.7 Å². The molecule has 0 bridgehead atoms. The Balaban J connectivity index is 2.10. The van der Waals surface area contributed by atoms with Gasteiger partial charge in [0.15, 0.2) is 5.82 Å². The highest BCUT2D eigenvalue weighted by Gasteiger charge is 2.17. The average Bonchev–Trinajstić information content (AvgIpc) is 3.16. The minimum Gasteiger partial charge on any atom is -0.383 e. The lowest BCUT2D eigenvalue weighted by atomic mass is 10.0. The second kappa shape index (κ2) is 9.77. The number of rotatable bonds is 8. The van der Waals surface area contributed by atoms with Crippen LogP contribution in [0.4, 0.5) is 4.39 Å². The van der Waals surface area contributed by atoms with Gasteiger partial charge in [0.05, 0.1) is 17.3 Å². The zero-order valence-corrected chi connectivity index (χ0v) is 17.8. The molecule has 0 fully saturated rings. The lowest BCUT2D eigenvalue weighted by Gasteiger charge is -2.15. The molecular formula is C21H23ClFN5O2. The van der Waals surface area contributed by atoms with Crippen LogP contribution in [0.1, 0.15) is 36.5 Å². The smallest absolute Gasteiger partial charge is 0.251 e. The molecular weight excluding hydrogens is 409 g/mol. The van der Waals surface area contributed by atoms with Gasteiger partial charge in [-0.25, -0.2) is 4.39 Å². The molecule has 0 aliphatic carbocycles. The predicted molar refractivity (Wildman–Crippen MR) is 112 cm³/mol. The van der Waals surface area contributed by atoms with Gasteiger partial charge in [-0.3, -0.25) is 4.79 Å². The van der Waals surface area contributed by atoms with Crippen LogP contribution in [0.5, 0.6) is 0 Å². The first kappa shape index (κ1) is 21.9. The number of carbonyl (C=O) groups is 1. The zero-order valence-electron chi connectivity index (χ0n) is 17.0. The normalized spacial score (nSPS) is 12.0. The summed E-state index contributed by atoms with van der Waals surface area (Å²) in [6.45, 7) is 4.27. The number of amides is 1. The molecule has 0 aliphatic heterocycles. The van der Waals surface area contributed by atoms with E-state index in [9.17, 15) is 9.18 Å². The summed E-state index contributed by atoms with van der Waals surface area (Å²) in [7, 11) is 1.57. The Kier molecular flexibility index (Phi) is 7.12. The molecule has 2 aromatic carbocycles. The highest BCUT2D eigenvalue weighted by molar-refractivity contribution is 6.33. The van der Waals surface area contributed by atoms with Gasteiger partial charge in [-0.05, 0) is 65.7 Å². The fraction of sp³-hybridized carbons (Fsp3) is 0.333. The van der Waals surface area contributed by atoms with Crippen molar-refractivity contribution in [3.8, 4) is 16.8 Å². The van der Waals surface area contributed by atoms with E-state index >= 15 is 0 Å². The van der Waals surface area contributed by atoms with E-state index in [1.807, 2.05) is 19.9 Å². The first-order valence-corrected chi connectivity index (χ1v) is 9.98. The average molecular weight is 432 g/mol. The number of nitrogens with zero attached hydrogens (tertiary/aromatic N) is 4. The van der Waals surface area contributed by atoms with Crippen molar-refractivity contribution in [1.29, 1.82) is 0 Å². The van der Waals surface area contributed by atoms with Gasteiger partial charge in [-0.2, -0.15) is 4.68 Å². The molecule has 1 aromatic heterocycles. The molecule has 0 saturated heterocycles. The van der Waals surface area contributed by atoms with Gasteiger partial charge in [0, 0.05) is 30.7 Å². The van der Waals surface area contributed by atoms with E-state index in [0.717, 1.165) is 6.42 Å². The molecule has 1 heterocycles. The number of carbonyl (C=O) groups excluding carboxylic acids is 1. The highest BCUT2D eigenvalue weighted by atomic mass is 35.5. The molecule has 158 valence electrons. The number of methoxy groups -OCH3 is 1. The summed E-state index contributed by atoms with van der Waals surface area (Å²) in [6.07, 6.45) is 1.55. The standard InChI is InChI=1S/C21H23ClFN5O2/c1-4-5-20-25-26-27-28(20)17-9-14(18-7-6-16(23)11-19(18)22)8-15(10-17)21(29)24-13(2)12-30-3/h6-11,13H,4-5,12H2,1-3H3,(H,24,29)/t13-/m0/s1. The van der Waals surface area contributed by atoms with Gasteiger partial charge >= 0.3 is 0 Å². The van der Waals surface area contributed by atoms with Gasteiger partial charge in [-0.15, -0.1) is 5.10 Å². The Labute approximate surface area is 179 Å². The second-order valence-corrected chi connectivity index (χ2v) is 7.39. The maximum atomic E-state index is 13.5. The third kappa shape index (κ3) is 5.01. The zero-order chi connectivity index (χ0) is 21.7. The molecule has 1 atom stereocenters. The summed E-state index contributed by atoms with van der Waals surface area (Å²) in [5.41, 5.74) is 2.28. The first-order valence-electron chi connectivity index (χ1n) is 9.60. The molecule has 0 radical (unpaired) electrons. The van der Waals surface area contributed by atoms with Crippen LogP contribution in [0, 0.1) is 5.82 Å². The van der Waals surface area contributed by atoms with Crippen LogP contribution in [0.25, 0.3) is 16.8 Å². The summed E-state index contributed by atoms with van der Waals surface area (Å²) in [4.78, 5) is 12.9. The maximum Gasteiger partial charge on any atom is 0.251 e. The van der Waals surface area contributed by atoms with Gasteiger partial charge in [-0.1, -0.05) is 18.5 Å². The highest BCUT2D eigenvalue weighted by Crippen LogP contribution is 2.31. The lowest BCUT2D eigenvalue weighted by Crippen LogP contribution is -2.35. The fourth-order valence-corrected chi connectivity index (χ4v) is 3.40. The number of ether oxygens (including phenoxy) is 1. The Morgan fingerprint density at radius 2 is 2.10 bits per heavy atom. The number of aryl methyl sites for hydroxylation is 1. The lowest BCUT2D eigenvalue weighted by molar-refractivity contribution is 0.0905. The van der Waals surface area contributed by atoms with Crippen LogP contribution < -0.4 is 5.32 Å². The van der Waals surface area contributed by atoms with Crippen LogP contribution in [-0.2, 0) is 11.2 Å². The molecule has 3 rings (SSSR count). The van der Waals surface area contributed by atoms with E-state index in [1.165, 1.54) is 12.1 Å². The largest absolute Gasteiger partial charge is 0.383 e. The Morgan fingerprint density at radius 3 is 2.80 bits per heavy atom. The SMILES string of the molecule is CCCc1nnnn1-c1cc(C(=O)N[C@@H](C)COC)cc(-c2ccc(F)cc2Cl)c1. The van der Waals surface area contributed by atoms with Crippen molar-refractivity contribution in [3.63, 3.8) is 0 Å². The molecule has 0 saturated carbocycles. The molecule has 9 heteroatoms. The van der Waals surface area contributed by atoms with Crippen molar-refractivity contribution in [3.05, 3.63) is 58.6 Å². The monoisotopic (exact) mass is 431 g/mol. The summed E-state index contributed by atoms with van der Waals surface area (Å²) in [6, 6.07) is 9.22. The Hall–Kier alpha value is -2.84. The van der Waals surface area contributed by atoms with Gasteiger partial charge < -0.3 is 10.1 Å². The minimum atomic E-state index is -0.433. The van der Waals surface area contributed by atoms with Crippen molar-refractivity contribution in [2.45, 2.75) is 32.7 Å². The molecule has 0 aliphatic rings. The molecule has 1 amide bonds. The number of hydrogen-bond acceptors (Lipinski definition) is 5. The van der Waals surface area contributed by atoms with E-state index in [0.29, 0.717) is 41.2 Å². The van der Waals surface area contributed by atoms with Crippen LogP contribution in [0.2, 0.25) is 5.02 Å². The molecule has 3 aromatic rings. The number of nitrogens with one attached hydrogen (secondary N) is 1. The van der Waals surface area contributed by atoms with Gasteiger partial charge in [0.25, 0.3) is 5.91 Å². The van der Waals surface area contributed by atoms with E-state index in [4.69, 9.17) is 16.3 Å². The molecule has 0 unspecified atom stereocenters. The molecule has 0 spiro atoms. The van der Waals surface area contributed by atoms with E-state index in [2.05, 4.69) is 20.8 Å². The van der Waals surface area contributed by atoms with Crippen molar-refractivity contribution < 1.29 is 13.9 Å². The topological polar surface area (TPSA) is 81.9 Å². The third-order valence-electron chi connectivity index (χ3n) is 4.47. The summed E-state index contributed by atoms with van der Waals surface area (Å²) < 4.78 is 20.2. The Morgan fingerprint density at radius 1 is 1.30 bits per heavy atom. The minimum absolute atomic E-state index is 0.173. The van der Waals surface area contributed by atoms with Gasteiger partial charge in [0.2, 0.25) is 0 Å². The maximum absolute atomic E-state index is 13.5. The third-order valence-corrected chi connectivity index (χ3v) is 4.78. The van der Waals surface area contributed by atoms with Crippen LogP contribution in [0.15, 0.2) is 36.4 Å². The van der Waals surface area contributed by atoms with Crippen LogP contribution >= 0.6 is 11.6 Å². The van der Waals surface area contributed by atoms with Crippen molar-refractivity contribution in [2.24, 2.45) is 0 Å². The van der Waals surface area contributed by atoms with Crippen LogP contribution in [-0.4, -0.2) is 45.9 Å². The van der Waals surface area contributed by atoms with Crippen molar-refractivity contribution >= 4 is 17.5 Å². The first-order chi connectivity index (χ1) is 14.4. The van der Waals surface area contributed by atoms with Crippen LogP contribution in [0.3, 0.4) is 0 Å². The summed E-state index contributed by atoms with van der Waals surface area (Å²) in [5.74, 6) is -0.0260. The number of halogens is 2. The predicted octanol–water partition coefficient (Wildman–Crippen LogP) is 3.84. The number of tetrazole rings is 1. The summed E-state index contributed by atoms with van der Waals surface area (Å²) in [5, 5.41) is 15.1. The number of hydrogen-bond donors (Lipinski definition) is 1. The van der Waals surface area contributed by atoms with Crippen molar-refractivity contribution in [1.82, 2.24) is 25.5 Å². The summed E-state index contributed by atoms with van der Waals surface area (Å²) >= 11 is 6.28. The van der Waals surface area contributed by atoms with E-state index in [-0.39, 0.29) is 17.0 Å². The Bertz CT molecular complexity index is 1040. The second-order valence-electron chi connectivity index (χ2n) is 6.98. The fourth-order valence-electron chi connectivity index (χ4n) is 3.13. The quantitative estimate of drug-likeness (QED) is 0.586. The van der Waals surface area contributed by atoms with E-state index < -0.39 is 5.82 Å². The molecule has 7 nitrogen and oxygen atoms in total. The number of benzene rings is 2. The molecule has 30 heavy (non-hydrogen) atoms. The number of aromatic nitrogens is 4. The van der Waals surface area contributed by atoms with Gasteiger partial charge in [0.1, 0.15) is 5.82 Å². The molecule has 1 N–H and O–H groups in total. The van der Waals surface area contributed by atoms with E-state index in [1.54, 1.807) is 30.0 Å².